The second-order valence-corrected chi connectivity index (χ2v) is 5.64. The molecule has 0 aromatic heterocycles. The Morgan fingerprint density at radius 2 is 1.48 bits per heavy atom. The fraction of sp³-hybridized carbons (Fsp3) is 0.533. The number of carbonyl (C=O) groups excluding carboxylic acids is 2. The van der Waals surface area contributed by atoms with Crippen LogP contribution in [0.25, 0.3) is 0 Å². The molecule has 0 spiro atoms. The molecular weight excluding hydrogens is 424 g/mol. The van der Waals surface area contributed by atoms with Crippen LogP contribution in [0.1, 0.15) is 25.7 Å². The van der Waals surface area contributed by atoms with Crippen molar-refractivity contribution in [2.75, 3.05) is 20.1 Å². The first-order chi connectivity index (χ1) is 14.1. The summed E-state index contributed by atoms with van der Waals surface area (Å²) >= 11 is 0. The minimum Gasteiger partial charge on any atom is -0.481 e. The Bertz CT molecular complexity index is 654. The van der Waals surface area contributed by atoms with Gasteiger partial charge in [0, 0.05) is 20.0 Å². The van der Waals surface area contributed by atoms with Gasteiger partial charge in [-0.1, -0.05) is 0 Å². The van der Waals surface area contributed by atoms with E-state index in [0.717, 1.165) is 4.90 Å². The van der Waals surface area contributed by atoms with E-state index >= 15 is 0 Å². The summed E-state index contributed by atoms with van der Waals surface area (Å²) in [6.45, 7) is 0.131. The normalized spacial score (nSPS) is 10.0. The van der Waals surface area contributed by atoms with Crippen molar-refractivity contribution >= 4 is 41.7 Å². The van der Waals surface area contributed by atoms with Crippen LogP contribution in [0.2, 0.25) is 0 Å². The third kappa shape index (κ3) is 26.1. The van der Waals surface area contributed by atoms with E-state index in [-0.39, 0.29) is 12.5 Å². The lowest BCUT2D eigenvalue weighted by atomic mass is 10.2. The van der Waals surface area contributed by atoms with Gasteiger partial charge in [0.05, 0.1) is 6.42 Å². The largest absolute Gasteiger partial charge is 0.481 e. The summed E-state index contributed by atoms with van der Waals surface area (Å²) in [7, 11) is 1.44. The number of amides is 2. The molecule has 2 amide bonds. The van der Waals surface area contributed by atoms with Crippen molar-refractivity contribution in [3.05, 3.63) is 0 Å². The zero-order valence-electron chi connectivity index (χ0n) is 16.7. The lowest BCUT2D eigenvalue weighted by Gasteiger charge is -2.12. The van der Waals surface area contributed by atoms with Gasteiger partial charge in [0.2, 0.25) is 5.78 Å². The molecule has 0 heterocycles. The number of urea groups is 1. The third-order valence-corrected chi connectivity index (χ3v) is 2.90. The highest BCUT2D eigenvalue weighted by atomic mass is 16.4. The minimum atomic E-state index is -1.58. The Morgan fingerprint density at radius 1 is 0.968 bits per heavy atom. The number of carbonyl (C=O) groups is 6. The van der Waals surface area contributed by atoms with E-state index in [9.17, 15) is 28.8 Å². The molecule has 16 nitrogen and oxygen atoms in total. The van der Waals surface area contributed by atoms with Crippen LogP contribution in [-0.4, -0.2) is 93.2 Å². The molecule has 0 saturated carbocycles. The summed E-state index contributed by atoms with van der Waals surface area (Å²) < 4.78 is 0. The molecule has 0 bridgehead atoms. The highest BCUT2D eigenvalue weighted by Crippen LogP contribution is 1.92. The van der Waals surface area contributed by atoms with E-state index in [2.05, 4.69) is 5.32 Å². The Balaban J connectivity index is -0.000000384. The summed E-state index contributed by atoms with van der Waals surface area (Å²) in [6.07, 6.45) is -0.0260. The van der Waals surface area contributed by atoms with Gasteiger partial charge in [-0.3, -0.25) is 24.6 Å². The predicted octanol–water partition coefficient (Wildman–Crippen LogP) is -2.75. The van der Waals surface area contributed by atoms with Crippen LogP contribution < -0.4 is 22.5 Å². The van der Waals surface area contributed by atoms with Gasteiger partial charge in [0.25, 0.3) is 0 Å². The molecule has 1 atom stereocenters. The number of carboxylic acids is 4. The summed E-state index contributed by atoms with van der Waals surface area (Å²) in [5, 5.41) is 41.5. The number of nitrogens with one attached hydrogen (secondary N) is 2. The van der Waals surface area contributed by atoms with Crippen molar-refractivity contribution < 1.29 is 49.2 Å². The van der Waals surface area contributed by atoms with Crippen LogP contribution in [0.4, 0.5) is 4.79 Å². The fourth-order valence-electron chi connectivity index (χ4n) is 1.27. The van der Waals surface area contributed by atoms with E-state index in [1.54, 1.807) is 0 Å². The lowest BCUT2D eigenvalue weighted by molar-refractivity contribution is -0.149. The van der Waals surface area contributed by atoms with E-state index in [4.69, 9.17) is 43.0 Å². The number of hydrogen-bond donors (Lipinski definition) is 9. The molecule has 0 aromatic carbocycles. The number of Topliss-reactive ketones (excluding diaryl/α,β-unsaturated/α-hetero) is 1. The number of aliphatic carboxylic acids is 4. The molecule has 0 aliphatic heterocycles. The number of guanidine groups is 1. The molecule has 178 valence electrons. The number of nitrogens with zero attached hydrogens (tertiary/aromatic N) is 1. The first-order valence-electron chi connectivity index (χ1n) is 8.38. The smallest absolute Gasteiger partial charge is 0.372 e. The van der Waals surface area contributed by atoms with Gasteiger partial charge in [0.15, 0.2) is 5.96 Å². The lowest BCUT2D eigenvalue weighted by Crippen LogP contribution is -2.36. The number of carboxylic acid groups (broad SMARTS) is 4. The van der Waals surface area contributed by atoms with E-state index in [1.165, 1.54) is 7.05 Å². The standard InChI is InChI=1S/C6H13N3O3.C5H6O5.C4H9N3O2/c7-4(5(10)11)2-1-3-9-6(8)12;6-3(5(9)10)1-2-4(7)8;1-7(4(5)6)2-3(8)9/h4H,1-3,7H2,(H,10,11)(H3,8,9,12);1-2H2,(H,7,8)(H,9,10);2H2,1H3,(H3,5,6)(H,8,9). The molecule has 0 aliphatic carbocycles. The highest BCUT2D eigenvalue weighted by molar-refractivity contribution is 6.32. The van der Waals surface area contributed by atoms with Crippen LogP contribution in [-0.2, 0) is 24.0 Å². The maximum Gasteiger partial charge on any atom is 0.372 e. The van der Waals surface area contributed by atoms with Crippen LogP contribution in [0, 0.1) is 5.41 Å². The average Bonchev–Trinajstić information content (AvgIpc) is 2.63. The van der Waals surface area contributed by atoms with Crippen LogP contribution in [0.5, 0.6) is 0 Å². The Kier molecular flexibility index (Phi) is 18.5. The Morgan fingerprint density at radius 3 is 1.77 bits per heavy atom. The summed E-state index contributed by atoms with van der Waals surface area (Å²) in [5.41, 5.74) is 14.9. The van der Waals surface area contributed by atoms with Crippen LogP contribution in [0.3, 0.4) is 0 Å². The predicted molar refractivity (Wildman–Crippen MR) is 104 cm³/mol. The zero-order chi connectivity index (χ0) is 25.1. The van der Waals surface area contributed by atoms with Gasteiger partial charge in [-0.15, -0.1) is 0 Å². The summed E-state index contributed by atoms with van der Waals surface area (Å²) in [5.74, 6) is -6.09. The Hall–Kier alpha value is -3.95. The molecule has 0 fully saturated rings. The van der Waals surface area contributed by atoms with Gasteiger partial charge in [-0.05, 0) is 12.8 Å². The van der Waals surface area contributed by atoms with Gasteiger partial charge < -0.3 is 47.8 Å². The topological polar surface area (TPSA) is 301 Å². The van der Waals surface area contributed by atoms with E-state index < -0.39 is 54.6 Å². The first kappa shape index (κ1) is 31.7. The zero-order valence-corrected chi connectivity index (χ0v) is 16.7. The second-order valence-electron chi connectivity index (χ2n) is 5.64. The maximum absolute atomic E-state index is 10.2. The van der Waals surface area contributed by atoms with E-state index in [0.29, 0.717) is 19.4 Å². The molecule has 0 radical (unpaired) electrons. The average molecular weight is 452 g/mol. The highest BCUT2D eigenvalue weighted by Gasteiger charge is 2.12. The van der Waals surface area contributed by atoms with Gasteiger partial charge in [-0.2, -0.15) is 0 Å². The molecule has 16 heteroatoms. The molecule has 0 aromatic rings. The number of rotatable bonds is 11. The van der Waals surface area contributed by atoms with Crippen LogP contribution >= 0.6 is 0 Å². The van der Waals surface area contributed by atoms with Crippen molar-refractivity contribution in [2.24, 2.45) is 17.2 Å². The second kappa shape index (κ2) is 18.1. The number of hydrogen-bond acceptors (Lipinski definition) is 8. The van der Waals surface area contributed by atoms with Crippen molar-refractivity contribution in [1.29, 1.82) is 5.41 Å². The summed E-state index contributed by atoms with van der Waals surface area (Å²) in [4.78, 5) is 61.1. The summed E-state index contributed by atoms with van der Waals surface area (Å²) in [6, 6.07) is -1.47. The quantitative estimate of drug-likeness (QED) is 0.0665. The first-order valence-corrected chi connectivity index (χ1v) is 8.38. The van der Waals surface area contributed by atoms with Crippen molar-refractivity contribution in [2.45, 2.75) is 31.7 Å². The molecule has 1 unspecified atom stereocenters. The number of nitrogens with two attached hydrogens (primary N) is 3. The van der Waals surface area contributed by atoms with Crippen molar-refractivity contribution in [3.63, 3.8) is 0 Å². The third-order valence-electron chi connectivity index (χ3n) is 2.90. The minimum absolute atomic E-state index is 0.227. The molecule has 0 saturated heterocycles. The number of primary amides is 1. The molecule has 12 N–H and O–H groups in total. The SMILES string of the molecule is CN(CC(=O)O)C(=N)N.NC(=O)NCCCC(N)C(=O)O.O=C(O)CCC(=O)C(=O)O. The molecule has 0 rings (SSSR count). The molecule has 31 heavy (non-hydrogen) atoms. The fourth-order valence-corrected chi connectivity index (χ4v) is 1.27. The van der Waals surface area contributed by atoms with Gasteiger partial charge >= 0.3 is 29.9 Å². The number of likely N-dealkylation sites (N-methyl/N-ethyl adjacent to an activating group) is 1. The van der Waals surface area contributed by atoms with Crippen molar-refractivity contribution in [1.82, 2.24) is 10.2 Å². The van der Waals surface area contributed by atoms with Gasteiger partial charge in [-0.25, -0.2) is 9.59 Å². The maximum atomic E-state index is 10.2. The monoisotopic (exact) mass is 452 g/mol. The van der Waals surface area contributed by atoms with Crippen LogP contribution in [0.15, 0.2) is 0 Å². The van der Waals surface area contributed by atoms with Gasteiger partial charge in [0.1, 0.15) is 12.6 Å². The number of ketones is 1. The van der Waals surface area contributed by atoms with E-state index in [1.807, 2.05) is 0 Å². The Labute approximate surface area is 176 Å². The molecular formula is C15H28N6O10. The molecule has 0 aliphatic rings. The van der Waals surface area contributed by atoms with Crippen molar-refractivity contribution in [3.8, 4) is 0 Å².